The number of hydrogen-bond donors (Lipinski definition) is 1. The Labute approximate surface area is 134 Å². The van der Waals surface area contributed by atoms with Gasteiger partial charge in [0.1, 0.15) is 11.5 Å². The molecule has 1 saturated heterocycles. The molecule has 2 aromatic carbocycles. The van der Waals surface area contributed by atoms with Crippen molar-refractivity contribution < 1.29 is 4.74 Å². The third-order valence-corrected chi connectivity index (χ3v) is 3.89. The van der Waals surface area contributed by atoms with Gasteiger partial charge in [0, 0.05) is 23.8 Å². The van der Waals surface area contributed by atoms with Crippen LogP contribution < -0.4 is 15.0 Å². The number of halogens is 1. The Morgan fingerprint density at radius 2 is 1.62 bits per heavy atom. The molecule has 0 radical (unpaired) electrons. The van der Waals surface area contributed by atoms with Crippen LogP contribution in [0.3, 0.4) is 0 Å². The van der Waals surface area contributed by atoms with Crippen LogP contribution in [-0.4, -0.2) is 18.2 Å². The van der Waals surface area contributed by atoms with Gasteiger partial charge in [-0.15, -0.1) is 0 Å². The Bertz CT molecular complexity index is 628. The molecule has 1 heterocycles. The van der Waals surface area contributed by atoms with E-state index in [9.17, 15) is 0 Å². The summed E-state index contributed by atoms with van der Waals surface area (Å²) in [5.41, 5.74) is 1.08. The summed E-state index contributed by atoms with van der Waals surface area (Å²) in [5.74, 6) is 1.55. The molecule has 21 heavy (non-hydrogen) atoms. The molecule has 0 unspecified atom stereocenters. The van der Waals surface area contributed by atoms with E-state index in [-0.39, 0.29) is 0 Å². The van der Waals surface area contributed by atoms with Crippen LogP contribution in [0.4, 0.5) is 5.69 Å². The highest BCUT2D eigenvalue weighted by Gasteiger charge is 2.15. The number of hydrogen-bond acceptors (Lipinski definition) is 2. The van der Waals surface area contributed by atoms with Gasteiger partial charge in [-0.2, -0.15) is 0 Å². The monoisotopic (exact) mass is 318 g/mol. The van der Waals surface area contributed by atoms with Crippen LogP contribution in [0.2, 0.25) is 5.02 Å². The topological polar surface area (TPSA) is 24.5 Å². The standard InChI is InChI=1S/C16H15ClN2OS/c17-12-2-6-14(7-3-12)20-15-8-4-13(5-9-15)19-11-1-10-18-16(19)21/h2-9H,1,10-11H2,(H,18,21). The number of ether oxygens (including phenoxy) is 1. The summed E-state index contributed by atoms with van der Waals surface area (Å²) in [4.78, 5) is 2.10. The number of benzene rings is 2. The molecule has 5 heteroatoms. The molecular formula is C16H15ClN2OS. The van der Waals surface area contributed by atoms with E-state index in [1.807, 2.05) is 48.5 Å². The summed E-state index contributed by atoms with van der Waals surface area (Å²) in [6, 6.07) is 15.2. The zero-order valence-electron chi connectivity index (χ0n) is 11.4. The highest BCUT2D eigenvalue weighted by Crippen LogP contribution is 2.26. The van der Waals surface area contributed by atoms with Crippen molar-refractivity contribution in [3.05, 3.63) is 53.6 Å². The smallest absolute Gasteiger partial charge is 0.173 e. The Morgan fingerprint density at radius 3 is 2.24 bits per heavy atom. The molecule has 0 aromatic heterocycles. The van der Waals surface area contributed by atoms with Crippen LogP contribution in [0.1, 0.15) is 6.42 Å². The van der Waals surface area contributed by atoms with E-state index >= 15 is 0 Å². The molecule has 0 aliphatic carbocycles. The van der Waals surface area contributed by atoms with Crippen molar-refractivity contribution in [3.63, 3.8) is 0 Å². The highest BCUT2D eigenvalue weighted by atomic mass is 35.5. The number of nitrogens with one attached hydrogen (secondary N) is 1. The molecule has 3 rings (SSSR count). The second-order valence-electron chi connectivity index (χ2n) is 4.79. The molecule has 0 spiro atoms. The Morgan fingerprint density at radius 1 is 1.00 bits per heavy atom. The zero-order chi connectivity index (χ0) is 14.7. The molecule has 0 amide bonds. The molecule has 108 valence electrons. The average Bonchev–Trinajstić information content (AvgIpc) is 2.51. The maximum atomic E-state index is 5.86. The van der Waals surface area contributed by atoms with Crippen molar-refractivity contribution in [2.24, 2.45) is 0 Å². The minimum absolute atomic E-state index is 0.698. The van der Waals surface area contributed by atoms with Crippen molar-refractivity contribution in [1.29, 1.82) is 0 Å². The molecule has 1 N–H and O–H groups in total. The van der Waals surface area contributed by atoms with Crippen molar-refractivity contribution >= 4 is 34.6 Å². The van der Waals surface area contributed by atoms with Crippen LogP contribution in [0.5, 0.6) is 11.5 Å². The van der Waals surface area contributed by atoms with Crippen LogP contribution in [0, 0.1) is 0 Å². The van der Waals surface area contributed by atoms with Gasteiger partial charge in [0.05, 0.1) is 0 Å². The molecule has 1 aliphatic heterocycles. The summed E-state index contributed by atoms with van der Waals surface area (Å²) < 4.78 is 5.78. The molecule has 2 aromatic rings. The minimum Gasteiger partial charge on any atom is -0.457 e. The predicted molar refractivity (Wildman–Crippen MR) is 90.5 cm³/mol. The Balaban J connectivity index is 1.71. The normalized spacial score (nSPS) is 14.7. The van der Waals surface area contributed by atoms with Crippen molar-refractivity contribution in [1.82, 2.24) is 5.32 Å². The summed E-state index contributed by atoms with van der Waals surface area (Å²) in [7, 11) is 0. The van der Waals surface area contributed by atoms with Gasteiger partial charge in [-0.3, -0.25) is 0 Å². The van der Waals surface area contributed by atoms with Crippen molar-refractivity contribution in [2.75, 3.05) is 18.0 Å². The summed E-state index contributed by atoms with van der Waals surface area (Å²) >= 11 is 11.2. The van der Waals surface area contributed by atoms with E-state index in [0.29, 0.717) is 5.02 Å². The molecule has 0 atom stereocenters. The number of thiocarbonyl (C=S) groups is 1. The van der Waals surface area contributed by atoms with Gasteiger partial charge >= 0.3 is 0 Å². The second kappa shape index (κ2) is 6.33. The van der Waals surface area contributed by atoms with Crippen LogP contribution in [0.25, 0.3) is 0 Å². The fourth-order valence-corrected chi connectivity index (χ4v) is 2.63. The first-order chi connectivity index (χ1) is 10.2. The number of anilines is 1. The zero-order valence-corrected chi connectivity index (χ0v) is 13.0. The first kappa shape index (κ1) is 14.2. The minimum atomic E-state index is 0.698. The van der Waals surface area contributed by atoms with E-state index in [2.05, 4.69) is 10.2 Å². The summed E-state index contributed by atoms with van der Waals surface area (Å²) in [5, 5.41) is 4.69. The first-order valence-electron chi connectivity index (χ1n) is 6.81. The van der Waals surface area contributed by atoms with E-state index in [1.54, 1.807) is 0 Å². The Kier molecular flexibility index (Phi) is 4.27. The summed E-state index contributed by atoms with van der Waals surface area (Å²) in [6.07, 6.45) is 1.09. The van der Waals surface area contributed by atoms with E-state index < -0.39 is 0 Å². The fraction of sp³-hybridized carbons (Fsp3) is 0.188. The molecule has 1 fully saturated rings. The van der Waals surface area contributed by atoms with Gasteiger partial charge in [-0.05, 0) is 67.2 Å². The largest absolute Gasteiger partial charge is 0.457 e. The lowest BCUT2D eigenvalue weighted by molar-refractivity contribution is 0.482. The lowest BCUT2D eigenvalue weighted by Gasteiger charge is -2.30. The number of rotatable bonds is 3. The van der Waals surface area contributed by atoms with E-state index in [0.717, 1.165) is 41.8 Å². The van der Waals surface area contributed by atoms with Crippen molar-refractivity contribution in [2.45, 2.75) is 6.42 Å². The van der Waals surface area contributed by atoms with Gasteiger partial charge in [0.15, 0.2) is 5.11 Å². The van der Waals surface area contributed by atoms with E-state index in [1.165, 1.54) is 0 Å². The highest BCUT2D eigenvalue weighted by molar-refractivity contribution is 7.80. The Hall–Kier alpha value is -1.78. The summed E-state index contributed by atoms with van der Waals surface area (Å²) in [6.45, 7) is 1.90. The molecular weight excluding hydrogens is 304 g/mol. The fourth-order valence-electron chi connectivity index (χ4n) is 2.21. The van der Waals surface area contributed by atoms with Crippen LogP contribution in [-0.2, 0) is 0 Å². The molecule has 0 bridgehead atoms. The lowest BCUT2D eigenvalue weighted by Crippen LogP contribution is -2.46. The van der Waals surface area contributed by atoms with E-state index in [4.69, 9.17) is 28.6 Å². The third kappa shape index (κ3) is 3.46. The van der Waals surface area contributed by atoms with Crippen LogP contribution >= 0.6 is 23.8 Å². The van der Waals surface area contributed by atoms with Gasteiger partial charge in [0.25, 0.3) is 0 Å². The van der Waals surface area contributed by atoms with Gasteiger partial charge in [0.2, 0.25) is 0 Å². The molecule has 1 aliphatic rings. The maximum absolute atomic E-state index is 5.86. The third-order valence-electron chi connectivity index (χ3n) is 3.28. The molecule has 0 saturated carbocycles. The maximum Gasteiger partial charge on any atom is 0.173 e. The van der Waals surface area contributed by atoms with Gasteiger partial charge in [-0.1, -0.05) is 11.6 Å². The van der Waals surface area contributed by atoms with Crippen LogP contribution in [0.15, 0.2) is 48.5 Å². The molecule has 3 nitrogen and oxygen atoms in total. The van der Waals surface area contributed by atoms with Crippen molar-refractivity contribution in [3.8, 4) is 11.5 Å². The first-order valence-corrected chi connectivity index (χ1v) is 7.60. The predicted octanol–water partition coefficient (Wildman–Crippen LogP) is 4.22. The lowest BCUT2D eigenvalue weighted by atomic mass is 10.2. The average molecular weight is 319 g/mol. The van der Waals surface area contributed by atoms with Gasteiger partial charge in [-0.25, -0.2) is 0 Å². The second-order valence-corrected chi connectivity index (χ2v) is 5.61. The van der Waals surface area contributed by atoms with Gasteiger partial charge < -0.3 is 15.0 Å². The SMILES string of the molecule is S=C1NCCCN1c1ccc(Oc2ccc(Cl)cc2)cc1. The quantitative estimate of drug-likeness (QED) is 0.857. The number of nitrogens with zero attached hydrogens (tertiary/aromatic N) is 1.